The Kier molecular flexibility index (Phi) is 6.72. The lowest BCUT2D eigenvalue weighted by molar-refractivity contribution is 0.0892. The molecule has 1 amide bonds. The Bertz CT molecular complexity index is 570. The second-order valence-corrected chi connectivity index (χ2v) is 7.76. The number of ether oxygens (including phenoxy) is 1. The average Bonchev–Trinajstić information content (AvgIpc) is 2.96. The quantitative estimate of drug-likeness (QED) is 0.566. The van der Waals surface area contributed by atoms with Crippen molar-refractivity contribution in [2.45, 2.75) is 32.1 Å². The fourth-order valence-electron chi connectivity index (χ4n) is 2.90. The van der Waals surface area contributed by atoms with E-state index in [1.165, 1.54) is 0 Å². The van der Waals surface area contributed by atoms with Gasteiger partial charge in [0.05, 0.1) is 6.61 Å². The van der Waals surface area contributed by atoms with Crippen LogP contribution in [0.5, 0.6) is 0 Å². The minimum atomic E-state index is -0.296. The molecule has 0 aliphatic carbocycles. The molecule has 4 nitrogen and oxygen atoms in total. The minimum absolute atomic E-state index is 0.118. The highest BCUT2D eigenvalue weighted by Crippen LogP contribution is 2.27. The van der Waals surface area contributed by atoms with Gasteiger partial charge in [-0.15, -0.1) is 11.8 Å². The zero-order valence-corrected chi connectivity index (χ0v) is 15.8. The van der Waals surface area contributed by atoms with E-state index in [2.05, 4.69) is 13.8 Å². The summed E-state index contributed by atoms with van der Waals surface area (Å²) in [5, 5.41) is 0. The predicted molar refractivity (Wildman–Crippen MR) is 97.6 cm³/mol. The lowest BCUT2D eigenvalue weighted by Crippen LogP contribution is -2.31. The summed E-state index contributed by atoms with van der Waals surface area (Å²) < 4.78 is 5.32. The molecule has 0 saturated carbocycles. The molecule has 2 atom stereocenters. The number of carbonyl (C=O) groups is 2. The number of rotatable bonds is 6. The largest absolute Gasteiger partial charge is 0.449 e. The number of hydrogen-bond acceptors (Lipinski definition) is 4. The van der Waals surface area contributed by atoms with Gasteiger partial charge in [0, 0.05) is 29.5 Å². The van der Waals surface area contributed by atoms with Crippen LogP contribution in [0.4, 0.5) is 4.79 Å². The standard InChI is InChI=1S/C19H27NO3S/c1-13(2)9-10-23-19(22)20-11-14(3)17(12-20)18(21)15-5-7-16(24-4)8-6-15/h5-8,13-14,17H,9-12H2,1-4H3/t14-,17-/m0/s1. The third kappa shape index (κ3) is 4.76. The van der Waals surface area contributed by atoms with Crippen LogP contribution in [0.3, 0.4) is 0 Å². The topological polar surface area (TPSA) is 46.6 Å². The summed E-state index contributed by atoms with van der Waals surface area (Å²) in [6, 6.07) is 7.69. The number of thioether (sulfide) groups is 1. The molecule has 1 aromatic rings. The van der Waals surface area contributed by atoms with Gasteiger partial charge >= 0.3 is 6.09 Å². The van der Waals surface area contributed by atoms with E-state index >= 15 is 0 Å². The third-order valence-corrected chi connectivity index (χ3v) is 5.25. The first-order chi connectivity index (χ1) is 11.4. The van der Waals surface area contributed by atoms with E-state index in [-0.39, 0.29) is 23.7 Å². The Morgan fingerprint density at radius 1 is 1.25 bits per heavy atom. The van der Waals surface area contributed by atoms with Gasteiger partial charge in [0.1, 0.15) is 0 Å². The highest BCUT2D eigenvalue weighted by atomic mass is 32.2. The lowest BCUT2D eigenvalue weighted by atomic mass is 9.90. The third-order valence-electron chi connectivity index (χ3n) is 4.50. The summed E-state index contributed by atoms with van der Waals surface area (Å²) in [5.74, 6) is 0.625. The zero-order chi connectivity index (χ0) is 17.7. The molecule has 1 aliphatic rings. The van der Waals surface area contributed by atoms with Crippen molar-refractivity contribution in [1.29, 1.82) is 0 Å². The van der Waals surface area contributed by atoms with Gasteiger partial charge in [-0.3, -0.25) is 4.79 Å². The predicted octanol–water partition coefficient (Wildman–Crippen LogP) is 4.34. The van der Waals surface area contributed by atoms with E-state index < -0.39 is 0 Å². The number of benzene rings is 1. The van der Waals surface area contributed by atoms with Crippen molar-refractivity contribution in [2.24, 2.45) is 17.8 Å². The van der Waals surface area contributed by atoms with Crippen LogP contribution < -0.4 is 0 Å². The highest BCUT2D eigenvalue weighted by molar-refractivity contribution is 7.98. The number of Topliss-reactive ketones (excluding diaryl/α,β-unsaturated/α-hetero) is 1. The molecule has 1 aromatic carbocycles. The van der Waals surface area contributed by atoms with Crippen molar-refractivity contribution in [3.05, 3.63) is 29.8 Å². The summed E-state index contributed by atoms with van der Waals surface area (Å²) in [7, 11) is 0. The van der Waals surface area contributed by atoms with Crippen LogP contribution in [0, 0.1) is 17.8 Å². The molecule has 0 bridgehead atoms. The first kappa shape index (κ1) is 18.8. The summed E-state index contributed by atoms with van der Waals surface area (Å²) in [6.07, 6.45) is 2.58. The van der Waals surface area contributed by atoms with Crippen molar-refractivity contribution in [3.63, 3.8) is 0 Å². The molecular weight excluding hydrogens is 322 g/mol. The van der Waals surface area contributed by atoms with Gasteiger partial charge in [-0.05, 0) is 36.6 Å². The normalized spacial score (nSPS) is 20.5. The Labute approximate surface area is 148 Å². The van der Waals surface area contributed by atoms with E-state index in [9.17, 15) is 9.59 Å². The molecule has 24 heavy (non-hydrogen) atoms. The Morgan fingerprint density at radius 2 is 1.92 bits per heavy atom. The van der Waals surface area contributed by atoms with Crippen LogP contribution in [0.25, 0.3) is 0 Å². The van der Waals surface area contributed by atoms with Crippen LogP contribution in [-0.2, 0) is 4.74 Å². The van der Waals surface area contributed by atoms with E-state index in [0.29, 0.717) is 25.6 Å². The SMILES string of the molecule is CSc1ccc(C(=O)[C@H]2CN(C(=O)OCCC(C)C)C[C@@H]2C)cc1. The summed E-state index contributed by atoms with van der Waals surface area (Å²) >= 11 is 1.66. The van der Waals surface area contributed by atoms with Gasteiger partial charge in [-0.2, -0.15) is 0 Å². The molecule has 1 fully saturated rings. The van der Waals surface area contributed by atoms with E-state index in [1.54, 1.807) is 16.7 Å². The maximum atomic E-state index is 12.7. The van der Waals surface area contributed by atoms with Gasteiger partial charge in [-0.25, -0.2) is 4.79 Å². The zero-order valence-electron chi connectivity index (χ0n) is 15.0. The number of hydrogen-bond donors (Lipinski definition) is 0. The van der Waals surface area contributed by atoms with Crippen molar-refractivity contribution < 1.29 is 14.3 Å². The van der Waals surface area contributed by atoms with Crippen LogP contribution in [0.1, 0.15) is 37.6 Å². The van der Waals surface area contributed by atoms with Crippen LogP contribution in [0.15, 0.2) is 29.2 Å². The van der Waals surface area contributed by atoms with E-state index in [4.69, 9.17) is 4.74 Å². The first-order valence-electron chi connectivity index (χ1n) is 8.52. The number of carbonyl (C=O) groups excluding carboxylic acids is 2. The van der Waals surface area contributed by atoms with Crippen molar-refractivity contribution in [1.82, 2.24) is 4.90 Å². The summed E-state index contributed by atoms with van der Waals surface area (Å²) in [4.78, 5) is 27.7. The molecule has 132 valence electrons. The average molecular weight is 349 g/mol. The van der Waals surface area contributed by atoms with Gasteiger partial charge in [0.15, 0.2) is 5.78 Å². The number of ketones is 1. The van der Waals surface area contributed by atoms with Crippen molar-refractivity contribution >= 4 is 23.6 Å². The van der Waals surface area contributed by atoms with E-state index in [0.717, 1.165) is 16.9 Å². The molecule has 0 spiro atoms. The Hall–Kier alpha value is -1.49. The van der Waals surface area contributed by atoms with Crippen molar-refractivity contribution in [3.8, 4) is 0 Å². The Morgan fingerprint density at radius 3 is 2.50 bits per heavy atom. The first-order valence-corrected chi connectivity index (χ1v) is 9.74. The van der Waals surface area contributed by atoms with Gasteiger partial charge in [-0.1, -0.05) is 32.9 Å². The lowest BCUT2D eigenvalue weighted by Gasteiger charge is -2.16. The molecule has 0 radical (unpaired) electrons. The minimum Gasteiger partial charge on any atom is -0.449 e. The van der Waals surface area contributed by atoms with Crippen molar-refractivity contribution in [2.75, 3.05) is 26.0 Å². The molecule has 0 unspecified atom stereocenters. The molecule has 2 rings (SSSR count). The Balaban J connectivity index is 1.94. The van der Waals surface area contributed by atoms with Crippen LogP contribution in [-0.4, -0.2) is 42.7 Å². The number of amides is 1. The van der Waals surface area contributed by atoms with E-state index in [1.807, 2.05) is 37.4 Å². The molecule has 1 aliphatic heterocycles. The van der Waals surface area contributed by atoms with Crippen LogP contribution >= 0.6 is 11.8 Å². The monoisotopic (exact) mass is 349 g/mol. The smallest absolute Gasteiger partial charge is 0.409 e. The van der Waals surface area contributed by atoms with Gasteiger partial charge < -0.3 is 9.64 Å². The second kappa shape index (κ2) is 8.56. The maximum absolute atomic E-state index is 12.7. The molecule has 0 aromatic heterocycles. The molecule has 1 heterocycles. The number of likely N-dealkylation sites (tertiary alicyclic amines) is 1. The van der Waals surface area contributed by atoms with Gasteiger partial charge in [0.25, 0.3) is 0 Å². The fraction of sp³-hybridized carbons (Fsp3) is 0.579. The molecule has 1 saturated heterocycles. The van der Waals surface area contributed by atoms with Gasteiger partial charge in [0.2, 0.25) is 0 Å². The highest BCUT2D eigenvalue weighted by Gasteiger charge is 2.37. The number of nitrogens with zero attached hydrogens (tertiary/aromatic N) is 1. The maximum Gasteiger partial charge on any atom is 0.409 e. The molecule has 0 N–H and O–H groups in total. The molecule has 5 heteroatoms. The summed E-state index contributed by atoms with van der Waals surface area (Å²) in [6.45, 7) is 7.70. The fourth-order valence-corrected chi connectivity index (χ4v) is 3.31. The summed E-state index contributed by atoms with van der Waals surface area (Å²) in [5.41, 5.74) is 0.722. The second-order valence-electron chi connectivity index (χ2n) is 6.88. The van der Waals surface area contributed by atoms with Crippen LogP contribution in [0.2, 0.25) is 0 Å². The molecular formula is C19H27NO3S.